The highest BCUT2D eigenvalue weighted by molar-refractivity contribution is 6.01. The molecule has 3 N–H and O–H groups in total. The quantitative estimate of drug-likeness (QED) is 0.195. The van der Waals surface area contributed by atoms with Crippen LogP contribution in [-0.4, -0.2) is 88.7 Å². The van der Waals surface area contributed by atoms with Crippen molar-refractivity contribution >= 4 is 33.5 Å². The van der Waals surface area contributed by atoms with Gasteiger partial charge in [0.1, 0.15) is 18.2 Å². The zero-order valence-electron chi connectivity index (χ0n) is 25.0. The predicted octanol–water partition coefficient (Wildman–Crippen LogP) is 5.41. The molecule has 0 aliphatic carbocycles. The average molecular weight is 593 g/mol. The van der Waals surface area contributed by atoms with E-state index < -0.39 is 0 Å². The first-order chi connectivity index (χ1) is 21.2. The number of fused-ring (bicyclic) bond motifs is 2. The fraction of sp³-hybridized carbons (Fsp3) is 0.212. The normalized spacial score (nSPS) is 11.6. The van der Waals surface area contributed by atoms with E-state index in [0.29, 0.717) is 23.7 Å². The van der Waals surface area contributed by atoms with Gasteiger partial charge in [-0.25, -0.2) is 9.37 Å². The van der Waals surface area contributed by atoms with Crippen molar-refractivity contribution < 1.29 is 13.9 Å². The number of aromatic nitrogens is 5. The standard InChI is InChI=1S/C33H33FN8O2/c1-41(2)8-9-44-25-12-20(10-23(34)14-25)26-6-5-7-29-27(26)15-30(38-29)32-28-13-22(17-36-33(28)40-39-32)21-11-24(18-35-16-21)37-31(43)19-42(3)4/h5-7,10-18,38H,8-9,19H2,1-4H3,(H,37,43)(H,36,39,40). The summed E-state index contributed by atoms with van der Waals surface area (Å²) in [7, 11) is 7.61. The van der Waals surface area contributed by atoms with E-state index in [2.05, 4.69) is 30.5 Å². The fourth-order valence-electron chi connectivity index (χ4n) is 5.11. The molecular weight excluding hydrogens is 559 g/mol. The molecule has 4 heterocycles. The molecule has 0 bridgehead atoms. The fourth-order valence-corrected chi connectivity index (χ4v) is 5.11. The van der Waals surface area contributed by atoms with Crippen LogP contribution < -0.4 is 10.1 Å². The van der Waals surface area contributed by atoms with Crippen LogP contribution in [0.25, 0.3) is 55.6 Å². The zero-order valence-corrected chi connectivity index (χ0v) is 25.0. The number of aromatic amines is 2. The number of nitrogens with one attached hydrogen (secondary N) is 3. The van der Waals surface area contributed by atoms with E-state index in [0.717, 1.165) is 56.5 Å². The van der Waals surface area contributed by atoms with Crippen LogP contribution in [0.2, 0.25) is 0 Å². The lowest BCUT2D eigenvalue weighted by atomic mass is 10.0. The Bertz CT molecular complexity index is 1960. The Hall–Kier alpha value is -5.13. The summed E-state index contributed by atoms with van der Waals surface area (Å²) in [5.41, 5.74) is 6.90. The van der Waals surface area contributed by atoms with Gasteiger partial charge in [0.05, 0.1) is 29.8 Å². The van der Waals surface area contributed by atoms with Crippen LogP contribution in [0.1, 0.15) is 0 Å². The van der Waals surface area contributed by atoms with Gasteiger partial charge < -0.3 is 24.8 Å². The number of likely N-dealkylation sites (N-methyl/N-ethyl adjacent to an activating group) is 2. The molecule has 11 heteroatoms. The molecule has 0 radical (unpaired) electrons. The van der Waals surface area contributed by atoms with Crippen LogP contribution in [0.15, 0.2) is 73.2 Å². The van der Waals surface area contributed by atoms with Crippen LogP contribution in [0.3, 0.4) is 0 Å². The first-order valence-corrected chi connectivity index (χ1v) is 14.2. The summed E-state index contributed by atoms with van der Waals surface area (Å²) >= 11 is 0. The number of hydrogen-bond donors (Lipinski definition) is 3. The number of pyridine rings is 2. The highest BCUT2D eigenvalue weighted by Gasteiger charge is 2.16. The van der Waals surface area contributed by atoms with Crippen molar-refractivity contribution in [3.05, 3.63) is 79.0 Å². The highest BCUT2D eigenvalue weighted by Crippen LogP contribution is 2.36. The Morgan fingerprint density at radius 2 is 1.77 bits per heavy atom. The number of anilines is 1. The number of carbonyl (C=O) groups is 1. The van der Waals surface area contributed by atoms with Gasteiger partial charge in [0.15, 0.2) is 5.65 Å². The minimum atomic E-state index is -0.357. The molecule has 6 rings (SSSR count). The van der Waals surface area contributed by atoms with Gasteiger partial charge in [0.25, 0.3) is 0 Å². The summed E-state index contributed by atoms with van der Waals surface area (Å²) in [5.74, 6) is 0.0110. The van der Waals surface area contributed by atoms with Crippen LogP contribution in [0.4, 0.5) is 10.1 Å². The average Bonchev–Trinajstić information content (AvgIpc) is 3.60. The molecule has 10 nitrogen and oxygen atoms in total. The maximum atomic E-state index is 14.7. The molecule has 2 aromatic carbocycles. The van der Waals surface area contributed by atoms with E-state index in [1.165, 1.54) is 12.1 Å². The Balaban J connectivity index is 1.33. The third-order valence-electron chi connectivity index (χ3n) is 7.15. The van der Waals surface area contributed by atoms with Gasteiger partial charge in [-0.05, 0) is 75.7 Å². The molecule has 0 saturated carbocycles. The summed E-state index contributed by atoms with van der Waals surface area (Å²) < 4.78 is 20.5. The van der Waals surface area contributed by atoms with Crippen LogP contribution in [-0.2, 0) is 4.79 Å². The molecule has 0 aliphatic heterocycles. The van der Waals surface area contributed by atoms with Crippen molar-refractivity contribution in [3.63, 3.8) is 0 Å². The van der Waals surface area contributed by atoms with Gasteiger partial charge in [0.2, 0.25) is 5.91 Å². The Kier molecular flexibility index (Phi) is 8.05. The molecule has 0 saturated heterocycles. The van der Waals surface area contributed by atoms with Crippen molar-refractivity contribution in [2.75, 3.05) is 53.2 Å². The Labute approximate surface area is 253 Å². The summed E-state index contributed by atoms with van der Waals surface area (Å²) in [5, 5.41) is 12.2. The lowest BCUT2D eigenvalue weighted by Crippen LogP contribution is -2.27. The van der Waals surface area contributed by atoms with Crippen molar-refractivity contribution in [3.8, 4) is 39.4 Å². The van der Waals surface area contributed by atoms with Gasteiger partial charge in [0, 0.05) is 52.4 Å². The van der Waals surface area contributed by atoms with E-state index in [-0.39, 0.29) is 18.3 Å². The molecule has 0 unspecified atom stereocenters. The van der Waals surface area contributed by atoms with Crippen LogP contribution in [0, 0.1) is 5.82 Å². The van der Waals surface area contributed by atoms with Gasteiger partial charge >= 0.3 is 0 Å². The van der Waals surface area contributed by atoms with Gasteiger partial charge in [-0.3, -0.25) is 14.9 Å². The number of nitrogens with zero attached hydrogens (tertiary/aromatic N) is 5. The summed E-state index contributed by atoms with van der Waals surface area (Å²) in [4.78, 5) is 28.5. The predicted molar refractivity (Wildman–Crippen MR) is 171 cm³/mol. The third kappa shape index (κ3) is 6.29. The maximum Gasteiger partial charge on any atom is 0.238 e. The highest BCUT2D eigenvalue weighted by atomic mass is 19.1. The monoisotopic (exact) mass is 592 g/mol. The lowest BCUT2D eigenvalue weighted by molar-refractivity contribution is -0.116. The Morgan fingerprint density at radius 1 is 0.932 bits per heavy atom. The number of amides is 1. The first-order valence-electron chi connectivity index (χ1n) is 14.2. The van der Waals surface area contributed by atoms with Crippen molar-refractivity contribution in [1.82, 2.24) is 34.9 Å². The van der Waals surface area contributed by atoms with E-state index in [9.17, 15) is 9.18 Å². The molecule has 6 aromatic rings. The van der Waals surface area contributed by atoms with Crippen molar-refractivity contribution in [2.45, 2.75) is 0 Å². The second kappa shape index (κ2) is 12.2. The molecule has 0 atom stereocenters. The number of ether oxygens (including phenoxy) is 1. The van der Waals surface area contributed by atoms with Crippen molar-refractivity contribution in [1.29, 1.82) is 0 Å². The number of hydrogen-bond acceptors (Lipinski definition) is 7. The maximum absolute atomic E-state index is 14.7. The van der Waals surface area contributed by atoms with Gasteiger partial charge in [-0.15, -0.1) is 0 Å². The zero-order chi connectivity index (χ0) is 30.8. The SMILES string of the molecule is CN(C)CCOc1cc(F)cc(-c2cccc3[nH]c(-c4[nH]nc5ncc(-c6cncc(NC(=O)CN(C)C)c6)cc45)cc23)c1. The van der Waals surface area contributed by atoms with Crippen LogP contribution >= 0.6 is 0 Å². The minimum absolute atomic E-state index is 0.121. The van der Waals surface area contributed by atoms with E-state index in [4.69, 9.17) is 4.74 Å². The van der Waals surface area contributed by atoms with E-state index in [1.807, 2.05) is 75.6 Å². The molecule has 0 aliphatic rings. The van der Waals surface area contributed by atoms with Crippen LogP contribution in [0.5, 0.6) is 5.75 Å². The largest absolute Gasteiger partial charge is 0.492 e. The molecule has 0 fully saturated rings. The number of halogens is 1. The summed E-state index contributed by atoms with van der Waals surface area (Å²) in [6.07, 6.45) is 5.09. The number of rotatable bonds is 10. The number of carbonyl (C=O) groups excluding carboxylic acids is 1. The molecule has 4 aromatic heterocycles. The van der Waals surface area contributed by atoms with Crippen molar-refractivity contribution in [2.24, 2.45) is 0 Å². The molecule has 1 amide bonds. The molecule has 44 heavy (non-hydrogen) atoms. The molecule has 224 valence electrons. The third-order valence-corrected chi connectivity index (χ3v) is 7.15. The van der Waals surface area contributed by atoms with Gasteiger partial charge in [-0.1, -0.05) is 12.1 Å². The lowest BCUT2D eigenvalue weighted by Gasteiger charge is -2.12. The molecular formula is C33H33FN8O2. The summed E-state index contributed by atoms with van der Waals surface area (Å²) in [6, 6.07) is 16.6. The Morgan fingerprint density at radius 3 is 2.59 bits per heavy atom. The van der Waals surface area contributed by atoms with E-state index in [1.54, 1.807) is 23.5 Å². The first kappa shape index (κ1) is 29.0. The second-order valence-electron chi connectivity index (χ2n) is 11.2. The number of H-pyrrole nitrogens is 2. The topological polar surface area (TPSA) is 115 Å². The number of benzene rings is 2. The molecule has 0 spiro atoms. The smallest absolute Gasteiger partial charge is 0.238 e. The van der Waals surface area contributed by atoms with Gasteiger partial charge in [-0.2, -0.15) is 5.10 Å². The summed E-state index contributed by atoms with van der Waals surface area (Å²) in [6.45, 7) is 1.46. The van der Waals surface area contributed by atoms with E-state index >= 15 is 0 Å². The minimum Gasteiger partial charge on any atom is -0.492 e. The second-order valence-corrected chi connectivity index (χ2v) is 11.2.